The molecule has 1 fully saturated rings. The third-order valence-electron chi connectivity index (χ3n) is 5.18. The second-order valence-electron chi connectivity index (χ2n) is 6.28. The normalized spacial score (nSPS) is 28.8. The van der Waals surface area contributed by atoms with Gasteiger partial charge in [0.15, 0.2) is 5.96 Å². The van der Waals surface area contributed by atoms with E-state index in [-0.39, 0.29) is 5.54 Å². The predicted molar refractivity (Wildman–Crippen MR) is 86.9 cm³/mol. The molecule has 114 valence electrons. The summed E-state index contributed by atoms with van der Waals surface area (Å²) in [6.45, 7) is 3.13. The lowest BCUT2D eigenvalue weighted by Gasteiger charge is -2.44. The number of benzene rings is 1. The van der Waals surface area contributed by atoms with Crippen LogP contribution >= 0.6 is 0 Å². The third-order valence-corrected chi connectivity index (χ3v) is 5.18. The highest BCUT2D eigenvalue weighted by Gasteiger charge is 2.45. The van der Waals surface area contributed by atoms with E-state index in [0.29, 0.717) is 5.96 Å². The maximum absolute atomic E-state index is 6.20. The number of methoxy groups -OCH3 is 1. The Morgan fingerprint density at radius 2 is 1.95 bits per heavy atom. The zero-order valence-corrected chi connectivity index (χ0v) is 13.0. The molecule has 0 amide bonds. The first-order valence-corrected chi connectivity index (χ1v) is 7.93. The molecule has 2 aliphatic rings. The molecule has 21 heavy (non-hydrogen) atoms. The molecule has 0 radical (unpaired) electrons. The van der Waals surface area contributed by atoms with E-state index in [1.54, 1.807) is 7.11 Å². The molecule has 1 aromatic rings. The van der Waals surface area contributed by atoms with Crippen molar-refractivity contribution in [3.8, 4) is 5.75 Å². The van der Waals surface area contributed by atoms with Crippen LogP contribution < -0.4 is 15.4 Å². The van der Waals surface area contributed by atoms with Crippen molar-refractivity contribution in [2.24, 2.45) is 16.6 Å². The zero-order chi connectivity index (χ0) is 14.9. The summed E-state index contributed by atoms with van der Waals surface area (Å²) in [5, 5.41) is 0. The third kappa shape index (κ3) is 2.47. The highest BCUT2D eigenvalue weighted by molar-refractivity contribution is 5.98. The van der Waals surface area contributed by atoms with Gasteiger partial charge >= 0.3 is 0 Å². The Morgan fingerprint density at radius 3 is 2.52 bits per heavy atom. The molecule has 1 aliphatic heterocycles. The predicted octanol–water partition coefficient (Wildman–Crippen LogP) is 3.17. The van der Waals surface area contributed by atoms with Crippen LogP contribution in [-0.2, 0) is 0 Å². The van der Waals surface area contributed by atoms with Crippen molar-refractivity contribution in [1.29, 1.82) is 0 Å². The largest absolute Gasteiger partial charge is 0.497 e. The van der Waals surface area contributed by atoms with Crippen LogP contribution in [0.1, 0.15) is 39.0 Å². The van der Waals surface area contributed by atoms with Gasteiger partial charge in [0.2, 0.25) is 0 Å². The van der Waals surface area contributed by atoms with Crippen LogP contribution in [-0.4, -0.2) is 25.2 Å². The van der Waals surface area contributed by atoms with Gasteiger partial charge in [-0.15, -0.1) is 0 Å². The molecule has 1 aliphatic carbocycles. The number of aliphatic imine (C=N–C) groups is 1. The van der Waals surface area contributed by atoms with E-state index in [4.69, 9.17) is 10.5 Å². The average Bonchev–Trinajstić information content (AvgIpc) is 2.85. The van der Waals surface area contributed by atoms with Crippen LogP contribution in [0.2, 0.25) is 0 Å². The average molecular weight is 287 g/mol. The van der Waals surface area contributed by atoms with E-state index < -0.39 is 0 Å². The van der Waals surface area contributed by atoms with Gasteiger partial charge in [0, 0.05) is 5.69 Å². The maximum atomic E-state index is 6.20. The number of hydrogen-bond acceptors (Lipinski definition) is 4. The van der Waals surface area contributed by atoms with E-state index in [2.05, 4.69) is 28.9 Å². The van der Waals surface area contributed by atoms with Gasteiger partial charge in [0.05, 0.1) is 19.2 Å². The topological polar surface area (TPSA) is 50.8 Å². The molecule has 1 saturated carbocycles. The molecule has 0 atom stereocenters. The summed E-state index contributed by atoms with van der Waals surface area (Å²) in [5.74, 6) is 2.41. The summed E-state index contributed by atoms with van der Waals surface area (Å²) >= 11 is 0. The molecule has 0 unspecified atom stereocenters. The first-order valence-electron chi connectivity index (χ1n) is 7.93. The molecular formula is C17H25N3O. The number of hydrogen-bond donors (Lipinski definition) is 1. The highest BCUT2D eigenvalue weighted by atomic mass is 16.5. The number of nitrogens with two attached hydrogens (primary N) is 1. The van der Waals surface area contributed by atoms with Crippen LogP contribution in [0.4, 0.5) is 5.69 Å². The van der Waals surface area contributed by atoms with Gasteiger partial charge < -0.3 is 15.4 Å². The minimum atomic E-state index is 0.102. The van der Waals surface area contributed by atoms with E-state index in [1.165, 1.54) is 32.1 Å². The Kier molecular flexibility index (Phi) is 3.79. The fourth-order valence-electron chi connectivity index (χ4n) is 3.75. The van der Waals surface area contributed by atoms with Gasteiger partial charge in [0.25, 0.3) is 0 Å². The smallest absolute Gasteiger partial charge is 0.196 e. The lowest BCUT2D eigenvalue weighted by atomic mass is 9.75. The van der Waals surface area contributed by atoms with Crippen LogP contribution in [0.15, 0.2) is 29.3 Å². The molecular weight excluding hydrogens is 262 g/mol. The van der Waals surface area contributed by atoms with Crippen LogP contribution in [0, 0.1) is 5.92 Å². The molecule has 2 N–H and O–H groups in total. The van der Waals surface area contributed by atoms with Gasteiger partial charge in [-0.2, -0.15) is 0 Å². The Morgan fingerprint density at radius 1 is 1.29 bits per heavy atom. The van der Waals surface area contributed by atoms with Crippen LogP contribution in [0.5, 0.6) is 5.75 Å². The summed E-state index contributed by atoms with van der Waals surface area (Å²) in [4.78, 5) is 6.82. The Labute approximate surface area is 127 Å². The first kappa shape index (κ1) is 14.2. The molecule has 0 saturated heterocycles. The lowest BCUT2D eigenvalue weighted by Crippen LogP contribution is -2.53. The van der Waals surface area contributed by atoms with Gasteiger partial charge in [-0.05, 0) is 55.9 Å². The van der Waals surface area contributed by atoms with E-state index in [0.717, 1.165) is 23.9 Å². The standard InChI is InChI=1S/C17H25N3O/c1-3-13-8-10-17(11-9-13)12-19-16(18)20(17)14-4-6-15(21-2)7-5-14/h4-7,13H,3,8-12H2,1-2H3,(H2,18,19). The fraction of sp³-hybridized carbons (Fsp3) is 0.588. The Hall–Kier alpha value is -1.71. The molecule has 1 aromatic carbocycles. The van der Waals surface area contributed by atoms with Gasteiger partial charge in [-0.3, -0.25) is 4.99 Å². The minimum Gasteiger partial charge on any atom is -0.497 e. The monoisotopic (exact) mass is 287 g/mol. The molecule has 4 nitrogen and oxygen atoms in total. The number of rotatable bonds is 3. The van der Waals surface area contributed by atoms with Crippen molar-refractivity contribution in [1.82, 2.24) is 0 Å². The molecule has 1 heterocycles. The lowest BCUT2D eigenvalue weighted by molar-refractivity contribution is 0.244. The molecule has 4 heteroatoms. The highest BCUT2D eigenvalue weighted by Crippen LogP contribution is 2.42. The van der Waals surface area contributed by atoms with Crippen molar-refractivity contribution in [2.75, 3.05) is 18.6 Å². The maximum Gasteiger partial charge on any atom is 0.196 e. The summed E-state index contributed by atoms with van der Waals surface area (Å²) in [7, 11) is 1.69. The molecule has 0 aromatic heterocycles. The van der Waals surface area contributed by atoms with Crippen LogP contribution in [0.25, 0.3) is 0 Å². The van der Waals surface area contributed by atoms with Gasteiger partial charge in [-0.1, -0.05) is 13.3 Å². The number of nitrogens with zero attached hydrogens (tertiary/aromatic N) is 2. The van der Waals surface area contributed by atoms with E-state index in [9.17, 15) is 0 Å². The number of guanidine groups is 1. The first-order chi connectivity index (χ1) is 10.2. The van der Waals surface area contributed by atoms with Crippen molar-refractivity contribution < 1.29 is 4.74 Å². The summed E-state index contributed by atoms with van der Waals surface area (Å²) in [6, 6.07) is 8.15. The van der Waals surface area contributed by atoms with Crippen molar-refractivity contribution >= 4 is 11.6 Å². The summed E-state index contributed by atoms with van der Waals surface area (Å²) in [5.41, 5.74) is 7.43. The second-order valence-corrected chi connectivity index (χ2v) is 6.28. The van der Waals surface area contributed by atoms with Gasteiger partial charge in [0.1, 0.15) is 5.75 Å². The Balaban J connectivity index is 1.85. The fourth-order valence-corrected chi connectivity index (χ4v) is 3.75. The van der Waals surface area contributed by atoms with Crippen LogP contribution in [0.3, 0.4) is 0 Å². The summed E-state index contributed by atoms with van der Waals surface area (Å²) in [6.07, 6.45) is 6.22. The number of ether oxygens (including phenoxy) is 1. The van der Waals surface area contributed by atoms with E-state index >= 15 is 0 Å². The quantitative estimate of drug-likeness (QED) is 0.929. The molecule has 1 spiro atoms. The second kappa shape index (κ2) is 5.58. The van der Waals surface area contributed by atoms with Crippen molar-refractivity contribution in [3.63, 3.8) is 0 Å². The van der Waals surface area contributed by atoms with Gasteiger partial charge in [-0.25, -0.2) is 0 Å². The summed E-state index contributed by atoms with van der Waals surface area (Å²) < 4.78 is 5.24. The van der Waals surface area contributed by atoms with Crippen molar-refractivity contribution in [2.45, 2.75) is 44.6 Å². The minimum absolute atomic E-state index is 0.102. The zero-order valence-electron chi connectivity index (χ0n) is 13.0. The van der Waals surface area contributed by atoms with E-state index in [1.807, 2.05) is 12.1 Å². The number of anilines is 1. The Bertz CT molecular complexity index is 515. The molecule has 0 bridgehead atoms. The SMILES string of the molecule is CCC1CCC2(CC1)CN=C(N)N2c1ccc(OC)cc1. The van der Waals surface area contributed by atoms with Crippen molar-refractivity contribution in [3.05, 3.63) is 24.3 Å². The molecule has 3 rings (SSSR count).